The Hall–Kier alpha value is -1.55. The lowest BCUT2D eigenvalue weighted by molar-refractivity contribution is -0.142. The standard InChI is InChI=1S/C15H21NO3/c1-10(11-4-8-14(17)9-5-11)16-13-6-2-12(3-7-13)15(18)19/h4-5,8-10,12-13,16-17H,2-3,6-7H2,1H3,(H,18,19). The average Bonchev–Trinajstić information content (AvgIpc) is 2.40. The van der Waals surface area contributed by atoms with Gasteiger partial charge in [-0.15, -0.1) is 0 Å². The van der Waals surface area contributed by atoms with Gasteiger partial charge in [0.1, 0.15) is 5.75 Å². The normalized spacial score (nSPS) is 24.9. The van der Waals surface area contributed by atoms with Crippen molar-refractivity contribution in [3.8, 4) is 5.75 Å². The van der Waals surface area contributed by atoms with Crippen LogP contribution in [0.15, 0.2) is 24.3 Å². The Morgan fingerprint density at radius 2 is 1.79 bits per heavy atom. The Balaban J connectivity index is 1.85. The van der Waals surface area contributed by atoms with Crippen LogP contribution in [0.5, 0.6) is 5.75 Å². The first-order valence-electron chi connectivity index (χ1n) is 6.84. The van der Waals surface area contributed by atoms with E-state index < -0.39 is 5.97 Å². The van der Waals surface area contributed by atoms with Gasteiger partial charge >= 0.3 is 5.97 Å². The minimum absolute atomic E-state index is 0.165. The molecule has 1 aromatic carbocycles. The largest absolute Gasteiger partial charge is 0.508 e. The smallest absolute Gasteiger partial charge is 0.306 e. The van der Waals surface area contributed by atoms with Crippen molar-refractivity contribution in [2.24, 2.45) is 5.92 Å². The number of hydrogen-bond acceptors (Lipinski definition) is 3. The van der Waals surface area contributed by atoms with Gasteiger partial charge in [0.25, 0.3) is 0 Å². The molecule has 1 aliphatic rings. The van der Waals surface area contributed by atoms with Gasteiger partial charge in [0.05, 0.1) is 5.92 Å². The van der Waals surface area contributed by atoms with Crippen LogP contribution < -0.4 is 5.32 Å². The first-order valence-corrected chi connectivity index (χ1v) is 6.84. The molecule has 4 nitrogen and oxygen atoms in total. The highest BCUT2D eigenvalue weighted by Crippen LogP contribution is 2.26. The van der Waals surface area contributed by atoms with Gasteiger partial charge in [-0.05, 0) is 50.3 Å². The molecule has 0 aliphatic heterocycles. The van der Waals surface area contributed by atoms with Crippen molar-refractivity contribution in [2.75, 3.05) is 0 Å². The maximum atomic E-state index is 10.9. The van der Waals surface area contributed by atoms with E-state index in [1.165, 1.54) is 0 Å². The van der Waals surface area contributed by atoms with E-state index in [1.54, 1.807) is 12.1 Å². The predicted octanol–water partition coefficient (Wildman–Crippen LogP) is 2.69. The molecule has 2 rings (SSSR count). The maximum Gasteiger partial charge on any atom is 0.306 e. The summed E-state index contributed by atoms with van der Waals surface area (Å²) >= 11 is 0. The third-order valence-electron chi connectivity index (χ3n) is 3.96. The number of phenols is 1. The van der Waals surface area contributed by atoms with E-state index in [1.807, 2.05) is 12.1 Å². The van der Waals surface area contributed by atoms with Crippen molar-refractivity contribution < 1.29 is 15.0 Å². The van der Waals surface area contributed by atoms with Crippen LogP contribution in [0.2, 0.25) is 0 Å². The second kappa shape index (κ2) is 6.06. The van der Waals surface area contributed by atoms with Gasteiger partial charge in [0.15, 0.2) is 0 Å². The quantitative estimate of drug-likeness (QED) is 0.781. The average molecular weight is 263 g/mol. The van der Waals surface area contributed by atoms with E-state index in [9.17, 15) is 9.90 Å². The van der Waals surface area contributed by atoms with E-state index in [0.29, 0.717) is 6.04 Å². The van der Waals surface area contributed by atoms with Gasteiger partial charge in [0, 0.05) is 12.1 Å². The lowest BCUT2D eigenvalue weighted by Gasteiger charge is -2.29. The molecular formula is C15H21NO3. The summed E-state index contributed by atoms with van der Waals surface area (Å²) in [6.07, 6.45) is 3.35. The number of carboxylic acids is 1. The Morgan fingerprint density at radius 3 is 2.32 bits per heavy atom. The molecule has 104 valence electrons. The zero-order chi connectivity index (χ0) is 13.8. The van der Waals surface area contributed by atoms with Crippen LogP contribution >= 0.6 is 0 Å². The van der Waals surface area contributed by atoms with E-state index in [0.717, 1.165) is 31.2 Å². The molecule has 1 atom stereocenters. The highest BCUT2D eigenvalue weighted by molar-refractivity contribution is 5.70. The molecule has 1 aromatic rings. The minimum Gasteiger partial charge on any atom is -0.508 e. The fourth-order valence-electron chi connectivity index (χ4n) is 2.72. The Morgan fingerprint density at radius 1 is 1.21 bits per heavy atom. The van der Waals surface area contributed by atoms with Crippen LogP contribution in [0.25, 0.3) is 0 Å². The van der Waals surface area contributed by atoms with Crippen molar-refractivity contribution in [3.63, 3.8) is 0 Å². The molecule has 1 aliphatic carbocycles. The zero-order valence-electron chi connectivity index (χ0n) is 11.2. The first-order chi connectivity index (χ1) is 9.06. The van der Waals surface area contributed by atoms with E-state index in [2.05, 4.69) is 12.2 Å². The molecule has 3 N–H and O–H groups in total. The van der Waals surface area contributed by atoms with E-state index in [4.69, 9.17) is 5.11 Å². The molecule has 0 saturated heterocycles. The van der Waals surface area contributed by atoms with Gasteiger partial charge in [-0.3, -0.25) is 4.79 Å². The number of nitrogens with one attached hydrogen (secondary N) is 1. The molecule has 19 heavy (non-hydrogen) atoms. The van der Waals surface area contributed by atoms with Gasteiger partial charge < -0.3 is 15.5 Å². The van der Waals surface area contributed by atoms with Crippen molar-refractivity contribution >= 4 is 5.97 Å². The highest BCUT2D eigenvalue weighted by atomic mass is 16.4. The third kappa shape index (κ3) is 3.70. The van der Waals surface area contributed by atoms with Gasteiger partial charge in [-0.2, -0.15) is 0 Å². The monoisotopic (exact) mass is 263 g/mol. The summed E-state index contributed by atoms with van der Waals surface area (Å²) in [6, 6.07) is 7.81. The van der Waals surface area contributed by atoms with Gasteiger partial charge in [-0.25, -0.2) is 0 Å². The summed E-state index contributed by atoms with van der Waals surface area (Å²) in [5.41, 5.74) is 1.14. The van der Waals surface area contributed by atoms with Gasteiger partial charge in [0.2, 0.25) is 0 Å². The summed E-state index contributed by atoms with van der Waals surface area (Å²) in [7, 11) is 0. The topological polar surface area (TPSA) is 69.6 Å². The van der Waals surface area contributed by atoms with E-state index in [-0.39, 0.29) is 17.7 Å². The van der Waals surface area contributed by atoms with Gasteiger partial charge in [-0.1, -0.05) is 12.1 Å². The molecule has 4 heteroatoms. The molecule has 0 amide bonds. The second-order valence-electron chi connectivity index (χ2n) is 5.37. The van der Waals surface area contributed by atoms with E-state index >= 15 is 0 Å². The summed E-state index contributed by atoms with van der Waals surface area (Å²) in [5.74, 6) is -0.551. The molecule has 1 fully saturated rings. The number of aliphatic carboxylic acids is 1. The number of carbonyl (C=O) groups is 1. The van der Waals surface area contributed by atoms with Crippen molar-refractivity contribution in [3.05, 3.63) is 29.8 Å². The highest BCUT2D eigenvalue weighted by Gasteiger charge is 2.26. The van der Waals surface area contributed by atoms with Crippen LogP contribution in [0.1, 0.15) is 44.2 Å². The molecule has 1 saturated carbocycles. The number of phenolic OH excluding ortho intramolecular Hbond substituents is 1. The summed E-state index contributed by atoms with van der Waals surface area (Å²) in [6.45, 7) is 2.09. The van der Waals surface area contributed by atoms with Crippen molar-refractivity contribution in [1.29, 1.82) is 0 Å². The lowest BCUT2D eigenvalue weighted by atomic mass is 9.85. The second-order valence-corrected chi connectivity index (χ2v) is 5.37. The predicted molar refractivity (Wildman–Crippen MR) is 73.0 cm³/mol. The molecule has 0 bridgehead atoms. The minimum atomic E-state index is -0.662. The fourth-order valence-corrected chi connectivity index (χ4v) is 2.72. The molecule has 0 spiro atoms. The Labute approximate surface area is 113 Å². The maximum absolute atomic E-state index is 10.9. The molecule has 0 radical (unpaired) electrons. The first kappa shape index (κ1) is 13.9. The van der Waals surface area contributed by atoms with Crippen LogP contribution in [-0.2, 0) is 4.79 Å². The fraction of sp³-hybridized carbons (Fsp3) is 0.533. The van der Waals surface area contributed by atoms with Crippen LogP contribution in [-0.4, -0.2) is 22.2 Å². The van der Waals surface area contributed by atoms with Crippen LogP contribution in [0.4, 0.5) is 0 Å². The van der Waals surface area contributed by atoms with Crippen molar-refractivity contribution in [2.45, 2.75) is 44.7 Å². The number of aromatic hydroxyl groups is 1. The molecular weight excluding hydrogens is 242 g/mol. The zero-order valence-corrected chi connectivity index (χ0v) is 11.2. The molecule has 0 aromatic heterocycles. The van der Waals surface area contributed by atoms with Crippen LogP contribution in [0.3, 0.4) is 0 Å². The molecule has 0 heterocycles. The van der Waals surface area contributed by atoms with Crippen molar-refractivity contribution in [1.82, 2.24) is 5.32 Å². The molecule has 1 unspecified atom stereocenters. The number of benzene rings is 1. The summed E-state index contributed by atoms with van der Waals surface area (Å²) in [4.78, 5) is 10.9. The Bertz CT molecular complexity index is 422. The summed E-state index contributed by atoms with van der Waals surface area (Å²) in [5, 5.41) is 21.8. The van der Waals surface area contributed by atoms with Crippen LogP contribution in [0, 0.1) is 5.92 Å². The lowest BCUT2D eigenvalue weighted by Crippen LogP contribution is -2.36. The Kier molecular flexibility index (Phi) is 4.43. The number of carboxylic acid groups (broad SMARTS) is 1. The third-order valence-corrected chi connectivity index (χ3v) is 3.96. The SMILES string of the molecule is CC(NC1CCC(C(=O)O)CC1)c1ccc(O)cc1. The number of rotatable bonds is 4. The number of hydrogen-bond donors (Lipinski definition) is 3. The summed E-state index contributed by atoms with van der Waals surface area (Å²) < 4.78 is 0.